The number of hydrogen-bond donors (Lipinski definition) is 2. The van der Waals surface area contributed by atoms with Gasteiger partial charge in [0.1, 0.15) is 18.1 Å². The van der Waals surface area contributed by atoms with Gasteiger partial charge in [-0.2, -0.15) is 0 Å². The molecule has 7 nitrogen and oxygen atoms in total. The van der Waals surface area contributed by atoms with Crippen molar-refractivity contribution in [2.75, 3.05) is 0 Å². The molecule has 0 radical (unpaired) electrons. The quantitative estimate of drug-likeness (QED) is 0.568. The first-order valence-electron chi connectivity index (χ1n) is 8.34. The van der Waals surface area contributed by atoms with E-state index in [1.165, 1.54) is 12.1 Å². The Kier molecular flexibility index (Phi) is 6.25. The van der Waals surface area contributed by atoms with Gasteiger partial charge in [-0.05, 0) is 35.9 Å². The molecule has 0 aliphatic heterocycles. The molecule has 28 heavy (non-hydrogen) atoms. The number of sulfonamides is 1. The van der Waals surface area contributed by atoms with Crippen molar-refractivity contribution in [2.45, 2.75) is 6.61 Å². The van der Waals surface area contributed by atoms with Crippen LogP contribution in [-0.2, 0) is 16.6 Å². The van der Waals surface area contributed by atoms with E-state index in [1.54, 1.807) is 42.5 Å². The summed E-state index contributed by atoms with van der Waals surface area (Å²) in [6, 6.07) is 21.1. The zero-order valence-corrected chi connectivity index (χ0v) is 15.6. The lowest BCUT2D eigenvalue weighted by atomic mass is 10.2. The molecule has 1 aromatic heterocycles. The minimum Gasteiger partial charge on any atom is -0.486 e. The van der Waals surface area contributed by atoms with E-state index in [0.29, 0.717) is 17.1 Å². The summed E-state index contributed by atoms with van der Waals surface area (Å²) in [5, 5.41) is 0.962. The lowest BCUT2D eigenvalue weighted by molar-refractivity contribution is 0.0913. The van der Waals surface area contributed by atoms with Crippen molar-refractivity contribution in [3.05, 3.63) is 95.3 Å². The van der Waals surface area contributed by atoms with Crippen molar-refractivity contribution in [1.82, 2.24) is 10.3 Å². The van der Waals surface area contributed by atoms with Crippen molar-refractivity contribution >= 4 is 22.0 Å². The highest BCUT2D eigenvalue weighted by molar-refractivity contribution is 7.92. The molecule has 0 atom stereocenters. The van der Waals surface area contributed by atoms with Crippen molar-refractivity contribution in [2.24, 2.45) is 0 Å². The van der Waals surface area contributed by atoms with E-state index >= 15 is 0 Å². The number of furan rings is 1. The van der Waals surface area contributed by atoms with Crippen molar-refractivity contribution < 1.29 is 22.4 Å². The van der Waals surface area contributed by atoms with Crippen LogP contribution >= 0.6 is 0 Å². The maximum absolute atomic E-state index is 12.1. The first-order valence-corrected chi connectivity index (χ1v) is 9.88. The van der Waals surface area contributed by atoms with Crippen LogP contribution in [-0.4, -0.2) is 14.3 Å². The van der Waals surface area contributed by atoms with E-state index < -0.39 is 15.9 Å². The number of ether oxygens (including phenoxy) is 1. The van der Waals surface area contributed by atoms with Gasteiger partial charge in [0.05, 0.1) is 0 Å². The minimum absolute atomic E-state index is 0.0404. The van der Waals surface area contributed by atoms with Crippen LogP contribution in [0.2, 0.25) is 0 Å². The summed E-state index contributed by atoms with van der Waals surface area (Å²) in [6.45, 7) is 0.142. The Morgan fingerprint density at radius 3 is 2.36 bits per heavy atom. The van der Waals surface area contributed by atoms with E-state index in [2.05, 4.69) is 5.43 Å². The molecule has 1 heterocycles. The van der Waals surface area contributed by atoms with E-state index in [9.17, 15) is 13.2 Å². The maximum Gasteiger partial charge on any atom is 0.301 e. The normalized spacial score (nSPS) is 11.4. The summed E-state index contributed by atoms with van der Waals surface area (Å²) >= 11 is 0. The van der Waals surface area contributed by atoms with Gasteiger partial charge in [-0.15, -0.1) is 4.83 Å². The predicted molar refractivity (Wildman–Crippen MR) is 104 cm³/mol. The molecule has 0 aliphatic rings. The fourth-order valence-corrected chi connectivity index (χ4v) is 2.83. The molecule has 8 heteroatoms. The molecule has 144 valence electrons. The van der Waals surface area contributed by atoms with Gasteiger partial charge >= 0.3 is 5.91 Å². The van der Waals surface area contributed by atoms with Crippen molar-refractivity contribution in [3.8, 4) is 5.75 Å². The Bertz CT molecular complexity index is 1040. The standard InChI is InChI=1S/C20H18N2O5S/c23-20(21-22-28(24,25)14-13-16-7-3-1-4-8-16)19-12-11-18(27-19)15-26-17-9-5-2-6-10-17/h1-14,22H,15H2,(H,21,23)/b14-13+. The van der Waals surface area contributed by atoms with Gasteiger partial charge in [-0.1, -0.05) is 48.5 Å². The second kappa shape index (κ2) is 9.03. The Labute approximate surface area is 162 Å². The molecule has 0 aliphatic carbocycles. The van der Waals surface area contributed by atoms with Crippen LogP contribution in [0.15, 0.2) is 82.6 Å². The molecule has 2 aromatic carbocycles. The predicted octanol–water partition coefficient (Wildman–Crippen LogP) is 3.09. The lowest BCUT2D eigenvalue weighted by Crippen LogP contribution is -2.40. The summed E-state index contributed by atoms with van der Waals surface area (Å²) in [6.07, 6.45) is 1.42. The first kappa shape index (κ1) is 19.4. The highest BCUT2D eigenvalue weighted by atomic mass is 32.2. The number of nitrogens with one attached hydrogen (secondary N) is 2. The summed E-state index contributed by atoms with van der Waals surface area (Å²) < 4.78 is 34.8. The van der Waals surface area contributed by atoms with Crippen LogP contribution in [0.3, 0.4) is 0 Å². The third kappa shape index (κ3) is 5.83. The maximum atomic E-state index is 12.1. The molecule has 0 unspecified atom stereocenters. The number of rotatable bonds is 8. The van der Waals surface area contributed by atoms with Crippen molar-refractivity contribution in [1.29, 1.82) is 0 Å². The molecule has 0 spiro atoms. The highest BCUT2D eigenvalue weighted by Gasteiger charge is 2.14. The molecule has 0 bridgehead atoms. The van der Waals surface area contributed by atoms with E-state index in [4.69, 9.17) is 9.15 Å². The molecule has 0 saturated carbocycles. The van der Waals surface area contributed by atoms with Gasteiger partial charge in [-0.3, -0.25) is 10.2 Å². The minimum atomic E-state index is -3.85. The number of hydrogen-bond acceptors (Lipinski definition) is 5. The third-order valence-corrected chi connectivity index (χ3v) is 4.44. The fraction of sp³-hybridized carbons (Fsp3) is 0.0500. The Hall–Kier alpha value is -3.36. The van der Waals surface area contributed by atoms with Crippen LogP contribution in [0.4, 0.5) is 0 Å². The second-order valence-electron chi connectivity index (χ2n) is 5.68. The average molecular weight is 398 g/mol. The summed E-state index contributed by atoms with van der Waals surface area (Å²) in [4.78, 5) is 14.0. The largest absolute Gasteiger partial charge is 0.486 e. The summed E-state index contributed by atoms with van der Waals surface area (Å²) in [5.41, 5.74) is 2.82. The second-order valence-corrected chi connectivity index (χ2v) is 7.25. The highest BCUT2D eigenvalue weighted by Crippen LogP contribution is 2.14. The molecule has 0 saturated heterocycles. The van der Waals surface area contributed by atoms with Crippen LogP contribution in [0.25, 0.3) is 6.08 Å². The van der Waals surface area contributed by atoms with Gasteiger partial charge < -0.3 is 9.15 Å². The monoisotopic (exact) mass is 398 g/mol. The Balaban J connectivity index is 1.52. The lowest BCUT2D eigenvalue weighted by Gasteiger charge is -2.04. The fourth-order valence-electron chi connectivity index (χ4n) is 2.19. The molecule has 0 fully saturated rings. The van der Waals surface area contributed by atoms with Gasteiger partial charge in [0, 0.05) is 5.41 Å². The number of benzene rings is 2. The Morgan fingerprint density at radius 2 is 1.64 bits per heavy atom. The number of para-hydroxylation sites is 1. The van der Waals surface area contributed by atoms with Crippen LogP contribution in [0, 0.1) is 0 Å². The topological polar surface area (TPSA) is 97.6 Å². The van der Waals surface area contributed by atoms with Crippen molar-refractivity contribution in [3.63, 3.8) is 0 Å². The zero-order chi connectivity index (χ0) is 19.8. The van der Waals surface area contributed by atoms with Crippen LogP contribution in [0.5, 0.6) is 5.75 Å². The SMILES string of the molecule is O=C(NNS(=O)(=O)/C=C/c1ccccc1)c1ccc(COc2ccccc2)o1. The van der Waals surface area contributed by atoms with E-state index in [0.717, 1.165) is 5.41 Å². The number of hydrazine groups is 1. The molecule has 3 aromatic rings. The Morgan fingerprint density at radius 1 is 0.964 bits per heavy atom. The molecule has 1 amide bonds. The van der Waals surface area contributed by atoms with Gasteiger partial charge in [0.15, 0.2) is 5.76 Å². The molecular formula is C20H18N2O5S. The van der Waals surface area contributed by atoms with E-state index in [-0.39, 0.29) is 12.4 Å². The van der Waals surface area contributed by atoms with Gasteiger partial charge in [0.25, 0.3) is 10.0 Å². The van der Waals surface area contributed by atoms with E-state index in [1.807, 2.05) is 29.1 Å². The first-order chi connectivity index (χ1) is 13.5. The molecular weight excluding hydrogens is 380 g/mol. The molecule has 3 rings (SSSR count). The number of amides is 1. The number of carbonyl (C=O) groups is 1. The third-order valence-electron chi connectivity index (χ3n) is 3.56. The smallest absolute Gasteiger partial charge is 0.301 e. The van der Waals surface area contributed by atoms with Crippen LogP contribution in [0.1, 0.15) is 21.9 Å². The van der Waals surface area contributed by atoms with Crippen LogP contribution < -0.4 is 15.0 Å². The van der Waals surface area contributed by atoms with Gasteiger partial charge in [-0.25, -0.2) is 8.42 Å². The molecule has 2 N–H and O–H groups in total. The number of carbonyl (C=O) groups excluding carboxylic acids is 1. The average Bonchev–Trinajstić information content (AvgIpc) is 3.20. The summed E-state index contributed by atoms with van der Waals surface area (Å²) in [5.74, 6) is 0.341. The van der Waals surface area contributed by atoms with Gasteiger partial charge in [0.2, 0.25) is 0 Å². The summed E-state index contributed by atoms with van der Waals surface area (Å²) in [7, 11) is -3.85. The zero-order valence-electron chi connectivity index (χ0n) is 14.7.